The molecule has 3 aliphatic rings. The Morgan fingerprint density at radius 3 is 1.83 bits per heavy atom. The maximum atomic E-state index is 13.8. The molecule has 242 valence electrons. The third-order valence-electron chi connectivity index (χ3n) is 10.1. The molecule has 3 aliphatic carbocycles. The standard InChI is InChI=1S/C41H42O6/c1-26(2)37-34-23-30(24-39(44)36(21-27(3)38(39)43)40(34,45)28(4)22-35(37)47-29(5)42)25-46-41(31-15-9-6-10-16-31,32-17-11-7-12-18-32)33-19-13-8-14-20-33/h6-23,27-28,34,37,44-45H,1,24-25H2,2-5H3/t27?,28-,34+,37+,39-,40-/m1/s1. The Morgan fingerprint density at radius 1 is 0.851 bits per heavy atom. The van der Waals surface area contributed by atoms with Crippen LogP contribution in [0.5, 0.6) is 0 Å². The number of aliphatic hydroxyl groups is 2. The fourth-order valence-corrected chi connectivity index (χ4v) is 8.00. The molecule has 0 radical (unpaired) electrons. The number of fused-ring (bicyclic) bond motifs is 3. The van der Waals surface area contributed by atoms with Gasteiger partial charge in [-0.15, -0.1) is 0 Å². The molecule has 47 heavy (non-hydrogen) atoms. The molecule has 0 aliphatic heterocycles. The number of benzene rings is 3. The molecule has 0 saturated heterocycles. The Bertz CT molecular complexity index is 1680. The van der Waals surface area contributed by atoms with E-state index in [0.29, 0.717) is 16.9 Å². The summed E-state index contributed by atoms with van der Waals surface area (Å²) in [6.07, 6.45) is 5.32. The van der Waals surface area contributed by atoms with E-state index in [-0.39, 0.29) is 24.4 Å². The number of esters is 1. The van der Waals surface area contributed by atoms with E-state index >= 15 is 0 Å². The monoisotopic (exact) mass is 630 g/mol. The molecule has 6 rings (SSSR count). The third kappa shape index (κ3) is 5.35. The van der Waals surface area contributed by atoms with Gasteiger partial charge in [0.25, 0.3) is 0 Å². The molecule has 0 fully saturated rings. The van der Waals surface area contributed by atoms with Gasteiger partial charge < -0.3 is 19.7 Å². The Hall–Kier alpha value is -4.36. The van der Waals surface area contributed by atoms with Crippen molar-refractivity contribution < 1.29 is 29.3 Å². The van der Waals surface area contributed by atoms with Crippen LogP contribution in [0.4, 0.5) is 0 Å². The molecule has 6 nitrogen and oxygen atoms in total. The van der Waals surface area contributed by atoms with Crippen LogP contribution >= 0.6 is 0 Å². The van der Waals surface area contributed by atoms with E-state index in [2.05, 4.69) is 6.58 Å². The average molecular weight is 631 g/mol. The van der Waals surface area contributed by atoms with Crippen molar-refractivity contribution in [2.75, 3.05) is 6.61 Å². The van der Waals surface area contributed by atoms with Gasteiger partial charge in [0.05, 0.1) is 6.61 Å². The minimum atomic E-state index is -1.94. The second kappa shape index (κ2) is 12.3. The van der Waals surface area contributed by atoms with Crippen molar-refractivity contribution in [3.05, 3.63) is 155 Å². The average Bonchev–Trinajstić information content (AvgIpc) is 3.22. The smallest absolute Gasteiger partial charge is 0.307 e. The van der Waals surface area contributed by atoms with Crippen LogP contribution in [0, 0.1) is 23.7 Å². The zero-order valence-corrected chi connectivity index (χ0v) is 27.4. The molecule has 0 aromatic heterocycles. The van der Waals surface area contributed by atoms with Gasteiger partial charge in [0.2, 0.25) is 0 Å². The van der Waals surface area contributed by atoms with Crippen molar-refractivity contribution in [1.29, 1.82) is 0 Å². The predicted octanol–water partition coefficient (Wildman–Crippen LogP) is 6.84. The number of carbonyl (C=O) groups is 2. The lowest BCUT2D eigenvalue weighted by atomic mass is 9.60. The van der Waals surface area contributed by atoms with Crippen LogP contribution in [0.1, 0.15) is 50.8 Å². The fourth-order valence-electron chi connectivity index (χ4n) is 8.00. The van der Waals surface area contributed by atoms with E-state index in [4.69, 9.17) is 9.47 Å². The van der Waals surface area contributed by atoms with Gasteiger partial charge in [-0.05, 0) is 40.8 Å². The van der Waals surface area contributed by atoms with Gasteiger partial charge in [-0.3, -0.25) is 9.59 Å². The second-order valence-electron chi connectivity index (χ2n) is 13.3. The fraction of sp³-hybridized carbons (Fsp3) is 0.317. The molecule has 6 atom stereocenters. The first-order valence-electron chi connectivity index (χ1n) is 16.2. The van der Waals surface area contributed by atoms with Gasteiger partial charge in [-0.25, -0.2) is 0 Å². The third-order valence-corrected chi connectivity index (χ3v) is 10.1. The largest absolute Gasteiger partial charge is 0.431 e. The Kier molecular flexibility index (Phi) is 8.56. The van der Waals surface area contributed by atoms with Crippen LogP contribution in [-0.4, -0.2) is 39.8 Å². The predicted molar refractivity (Wildman–Crippen MR) is 181 cm³/mol. The summed E-state index contributed by atoms with van der Waals surface area (Å²) in [6.45, 7) is 11.0. The summed E-state index contributed by atoms with van der Waals surface area (Å²) in [5.74, 6) is -2.91. The molecule has 6 heteroatoms. The number of Topliss-reactive ketones (excluding diaryl/α,β-unsaturated/α-hetero) is 1. The highest BCUT2D eigenvalue weighted by Crippen LogP contribution is 2.56. The summed E-state index contributed by atoms with van der Waals surface area (Å²) < 4.78 is 12.9. The maximum absolute atomic E-state index is 13.8. The normalized spacial score (nSPS) is 28.6. The van der Waals surface area contributed by atoms with Crippen LogP contribution < -0.4 is 0 Å². The number of hydrogen-bond acceptors (Lipinski definition) is 6. The van der Waals surface area contributed by atoms with Gasteiger partial charge >= 0.3 is 5.97 Å². The van der Waals surface area contributed by atoms with Crippen molar-refractivity contribution >= 4 is 11.8 Å². The lowest BCUT2D eigenvalue weighted by molar-refractivity contribution is -0.140. The molecule has 2 N–H and O–H groups in total. The molecule has 0 bridgehead atoms. The summed E-state index contributed by atoms with van der Waals surface area (Å²) in [7, 11) is 0. The lowest BCUT2D eigenvalue weighted by Gasteiger charge is -2.48. The highest BCUT2D eigenvalue weighted by molar-refractivity contribution is 5.98. The van der Waals surface area contributed by atoms with E-state index in [1.807, 2.05) is 111 Å². The zero-order chi connectivity index (χ0) is 33.6. The van der Waals surface area contributed by atoms with E-state index in [9.17, 15) is 19.8 Å². The quantitative estimate of drug-likeness (QED) is 0.161. The SMILES string of the molecule is C=C(C)[C@@H]1C(OC(C)=O)=C[C@@H](C)[C@]2(O)C3=CC(C)C(=O)[C@@]3(O)CC(COC(c3ccccc3)(c3ccccc3)c3ccccc3)=C[C@@H]12. The molecular formula is C41H42O6. The van der Waals surface area contributed by atoms with Crippen molar-refractivity contribution in [1.82, 2.24) is 0 Å². The zero-order valence-electron chi connectivity index (χ0n) is 27.4. The number of rotatable bonds is 8. The molecule has 3 aromatic carbocycles. The first kappa shape index (κ1) is 32.6. The van der Waals surface area contributed by atoms with Gasteiger partial charge in [-0.2, -0.15) is 0 Å². The summed E-state index contributed by atoms with van der Waals surface area (Å²) in [5, 5.41) is 25.1. The Balaban J connectivity index is 1.54. The first-order valence-corrected chi connectivity index (χ1v) is 16.2. The Morgan fingerprint density at radius 2 is 1.36 bits per heavy atom. The highest BCUT2D eigenvalue weighted by Gasteiger charge is 2.62. The number of hydrogen-bond donors (Lipinski definition) is 2. The summed E-state index contributed by atoms with van der Waals surface area (Å²) in [5.41, 5.74) is -0.268. The molecule has 0 amide bonds. The summed E-state index contributed by atoms with van der Waals surface area (Å²) in [4.78, 5) is 26.0. The van der Waals surface area contributed by atoms with E-state index in [1.54, 1.807) is 19.1 Å². The molecule has 0 saturated carbocycles. The summed E-state index contributed by atoms with van der Waals surface area (Å²) >= 11 is 0. The number of carbonyl (C=O) groups excluding carboxylic acids is 2. The van der Waals surface area contributed by atoms with E-state index in [1.165, 1.54) is 6.92 Å². The van der Waals surface area contributed by atoms with Crippen LogP contribution in [-0.2, 0) is 24.7 Å². The van der Waals surface area contributed by atoms with Gasteiger partial charge in [0, 0.05) is 37.0 Å². The van der Waals surface area contributed by atoms with E-state index in [0.717, 1.165) is 16.7 Å². The molecule has 3 aromatic rings. The number of ether oxygens (including phenoxy) is 2. The van der Waals surface area contributed by atoms with Crippen LogP contribution in [0.25, 0.3) is 0 Å². The second-order valence-corrected chi connectivity index (χ2v) is 13.3. The van der Waals surface area contributed by atoms with Gasteiger partial charge in [0.15, 0.2) is 11.4 Å². The van der Waals surface area contributed by atoms with Crippen molar-refractivity contribution in [2.24, 2.45) is 23.7 Å². The minimum absolute atomic E-state index is 0.0341. The van der Waals surface area contributed by atoms with Crippen molar-refractivity contribution in [3.63, 3.8) is 0 Å². The maximum Gasteiger partial charge on any atom is 0.307 e. The molecule has 1 unspecified atom stereocenters. The van der Waals surface area contributed by atoms with Crippen LogP contribution in [0.15, 0.2) is 138 Å². The first-order chi connectivity index (χ1) is 22.4. The van der Waals surface area contributed by atoms with Gasteiger partial charge in [0.1, 0.15) is 17.0 Å². The molecular weight excluding hydrogens is 588 g/mol. The molecule has 0 spiro atoms. The lowest BCUT2D eigenvalue weighted by Crippen LogP contribution is -2.56. The van der Waals surface area contributed by atoms with Crippen LogP contribution in [0.2, 0.25) is 0 Å². The Labute approximate surface area is 276 Å². The van der Waals surface area contributed by atoms with Gasteiger partial charge in [-0.1, -0.05) is 129 Å². The molecule has 0 heterocycles. The minimum Gasteiger partial charge on any atom is -0.431 e. The van der Waals surface area contributed by atoms with Crippen molar-refractivity contribution in [2.45, 2.75) is 50.9 Å². The van der Waals surface area contributed by atoms with Crippen molar-refractivity contribution in [3.8, 4) is 0 Å². The topological polar surface area (TPSA) is 93.1 Å². The number of allylic oxidation sites excluding steroid dienone is 2. The van der Waals surface area contributed by atoms with E-state index < -0.39 is 46.4 Å². The summed E-state index contributed by atoms with van der Waals surface area (Å²) in [6, 6.07) is 30.0. The number of ketones is 1. The highest BCUT2D eigenvalue weighted by atomic mass is 16.5. The van der Waals surface area contributed by atoms with Crippen LogP contribution in [0.3, 0.4) is 0 Å².